The average Bonchev–Trinajstić information content (AvgIpc) is 2.90. The standard InChI is InChI=1S/C29H31N3O2.ClH/c33-26(22-34-27-13-14-28-25(20-27)12-7-15-30-28)21-31-16-18-32(19-17-31)29(23-8-3-1-4-9-23)24-10-5-2-6-11-24;/h1-15,20,26,29,33H,16-19,21-22H2;1H. The summed E-state index contributed by atoms with van der Waals surface area (Å²) in [5, 5.41) is 11.7. The van der Waals surface area contributed by atoms with Crippen molar-refractivity contribution in [3.8, 4) is 5.75 Å². The topological polar surface area (TPSA) is 48.8 Å². The second kappa shape index (κ2) is 12.1. The van der Waals surface area contributed by atoms with Crippen LogP contribution in [0.3, 0.4) is 0 Å². The molecule has 0 saturated carbocycles. The van der Waals surface area contributed by atoms with Gasteiger partial charge in [-0.3, -0.25) is 14.8 Å². The van der Waals surface area contributed by atoms with E-state index < -0.39 is 6.10 Å². The lowest BCUT2D eigenvalue weighted by atomic mass is 9.96. The van der Waals surface area contributed by atoms with Crippen molar-refractivity contribution >= 4 is 23.3 Å². The van der Waals surface area contributed by atoms with Crippen molar-refractivity contribution in [2.24, 2.45) is 0 Å². The summed E-state index contributed by atoms with van der Waals surface area (Å²) in [6, 6.07) is 31.5. The van der Waals surface area contributed by atoms with Crippen LogP contribution in [0.1, 0.15) is 17.2 Å². The molecular formula is C29H32ClN3O2. The number of nitrogens with zero attached hydrogens (tertiary/aromatic N) is 3. The number of fused-ring (bicyclic) bond motifs is 1. The van der Waals surface area contributed by atoms with E-state index in [9.17, 15) is 5.11 Å². The molecule has 35 heavy (non-hydrogen) atoms. The SMILES string of the molecule is Cl.OC(COc1ccc2ncccc2c1)CN1CCN(C(c2ccccc2)c2ccccc2)CC1. The fourth-order valence-electron chi connectivity index (χ4n) is 4.78. The highest BCUT2D eigenvalue weighted by Crippen LogP contribution is 2.29. The van der Waals surface area contributed by atoms with Gasteiger partial charge in [0.05, 0.1) is 11.6 Å². The van der Waals surface area contributed by atoms with Gasteiger partial charge in [0, 0.05) is 44.3 Å². The van der Waals surface area contributed by atoms with Gasteiger partial charge in [-0.25, -0.2) is 0 Å². The maximum absolute atomic E-state index is 10.6. The molecule has 4 aromatic rings. The zero-order chi connectivity index (χ0) is 23.2. The monoisotopic (exact) mass is 489 g/mol. The van der Waals surface area contributed by atoms with Crippen LogP contribution >= 0.6 is 12.4 Å². The quantitative estimate of drug-likeness (QED) is 0.385. The number of β-amino-alcohol motifs (C(OH)–C–C–N with tert-alkyl or cyclic N) is 1. The molecule has 0 spiro atoms. The molecule has 5 rings (SSSR count). The smallest absolute Gasteiger partial charge is 0.120 e. The molecule has 2 heterocycles. The number of benzene rings is 3. The number of hydrogen-bond donors (Lipinski definition) is 1. The number of rotatable bonds is 8. The molecular weight excluding hydrogens is 458 g/mol. The number of hydrogen-bond acceptors (Lipinski definition) is 5. The Morgan fingerprint density at radius 2 is 1.46 bits per heavy atom. The lowest BCUT2D eigenvalue weighted by Crippen LogP contribution is -2.50. The molecule has 0 bridgehead atoms. The molecule has 1 aromatic heterocycles. The third-order valence-corrected chi connectivity index (χ3v) is 6.49. The number of aliphatic hydroxyl groups is 1. The Labute approximate surface area is 213 Å². The summed E-state index contributed by atoms with van der Waals surface area (Å²) < 4.78 is 5.88. The van der Waals surface area contributed by atoms with Gasteiger partial charge in [0.15, 0.2) is 0 Å². The molecule has 0 radical (unpaired) electrons. The minimum atomic E-state index is -0.532. The molecule has 5 nitrogen and oxygen atoms in total. The first kappa shape index (κ1) is 25.1. The number of ether oxygens (including phenoxy) is 1. The molecule has 1 N–H and O–H groups in total. The Bertz CT molecular complexity index is 1140. The third-order valence-electron chi connectivity index (χ3n) is 6.49. The van der Waals surface area contributed by atoms with Gasteiger partial charge in [0.1, 0.15) is 18.5 Å². The zero-order valence-electron chi connectivity index (χ0n) is 19.7. The van der Waals surface area contributed by atoms with Gasteiger partial charge in [-0.2, -0.15) is 0 Å². The summed E-state index contributed by atoms with van der Waals surface area (Å²) in [5.41, 5.74) is 3.58. The first-order chi connectivity index (χ1) is 16.8. The molecule has 0 amide bonds. The largest absolute Gasteiger partial charge is 0.491 e. The summed E-state index contributed by atoms with van der Waals surface area (Å²) in [6.07, 6.45) is 1.25. The lowest BCUT2D eigenvalue weighted by molar-refractivity contribution is 0.0401. The van der Waals surface area contributed by atoms with Crippen LogP contribution in [0.5, 0.6) is 5.75 Å². The number of pyridine rings is 1. The van der Waals surface area contributed by atoms with Crippen LogP contribution in [0.25, 0.3) is 10.9 Å². The molecule has 1 unspecified atom stereocenters. The van der Waals surface area contributed by atoms with E-state index in [1.165, 1.54) is 11.1 Å². The fourth-order valence-corrected chi connectivity index (χ4v) is 4.78. The molecule has 182 valence electrons. The van der Waals surface area contributed by atoms with Crippen LogP contribution in [0.2, 0.25) is 0 Å². The number of halogens is 1. The van der Waals surface area contributed by atoms with Crippen molar-refractivity contribution in [3.05, 3.63) is 108 Å². The van der Waals surface area contributed by atoms with Crippen LogP contribution in [0.4, 0.5) is 0 Å². The lowest BCUT2D eigenvalue weighted by Gasteiger charge is -2.40. The van der Waals surface area contributed by atoms with Crippen molar-refractivity contribution in [2.75, 3.05) is 39.3 Å². The normalized spacial score (nSPS) is 15.6. The van der Waals surface area contributed by atoms with E-state index in [2.05, 4.69) is 75.4 Å². The molecule has 1 atom stereocenters. The van der Waals surface area contributed by atoms with Crippen molar-refractivity contribution in [1.29, 1.82) is 0 Å². The van der Waals surface area contributed by atoms with Gasteiger partial charge in [-0.1, -0.05) is 66.7 Å². The zero-order valence-corrected chi connectivity index (χ0v) is 20.6. The van der Waals surface area contributed by atoms with E-state index in [4.69, 9.17) is 4.74 Å². The van der Waals surface area contributed by atoms with Gasteiger partial charge in [-0.15, -0.1) is 12.4 Å². The van der Waals surface area contributed by atoms with Crippen molar-refractivity contribution < 1.29 is 9.84 Å². The maximum Gasteiger partial charge on any atom is 0.120 e. The average molecular weight is 490 g/mol. The van der Waals surface area contributed by atoms with E-state index in [1.807, 2.05) is 30.3 Å². The molecule has 1 aliphatic rings. The van der Waals surface area contributed by atoms with Crippen molar-refractivity contribution in [3.63, 3.8) is 0 Å². The van der Waals surface area contributed by atoms with Crippen molar-refractivity contribution in [2.45, 2.75) is 12.1 Å². The molecule has 0 aliphatic carbocycles. The van der Waals surface area contributed by atoms with Crippen molar-refractivity contribution in [1.82, 2.24) is 14.8 Å². The highest BCUT2D eigenvalue weighted by Gasteiger charge is 2.27. The van der Waals surface area contributed by atoms with Gasteiger partial charge >= 0.3 is 0 Å². The molecule has 1 saturated heterocycles. The van der Waals surface area contributed by atoms with Crippen LogP contribution in [0, 0.1) is 0 Å². The highest BCUT2D eigenvalue weighted by atomic mass is 35.5. The maximum atomic E-state index is 10.6. The van der Waals surface area contributed by atoms with E-state index in [0.717, 1.165) is 42.8 Å². The van der Waals surface area contributed by atoms with Gasteiger partial charge in [0.2, 0.25) is 0 Å². The van der Waals surface area contributed by atoms with E-state index >= 15 is 0 Å². The minimum Gasteiger partial charge on any atom is -0.491 e. The Morgan fingerprint density at radius 1 is 0.800 bits per heavy atom. The van der Waals surface area contributed by atoms with Crippen LogP contribution in [0.15, 0.2) is 97.2 Å². The molecule has 1 fully saturated rings. The summed E-state index contributed by atoms with van der Waals surface area (Å²) in [4.78, 5) is 9.22. The van der Waals surface area contributed by atoms with Gasteiger partial charge in [0.25, 0.3) is 0 Å². The molecule has 3 aromatic carbocycles. The number of aliphatic hydroxyl groups excluding tert-OH is 1. The molecule has 1 aliphatic heterocycles. The predicted molar refractivity (Wildman–Crippen MR) is 143 cm³/mol. The summed E-state index contributed by atoms with van der Waals surface area (Å²) in [7, 11) is 0. The second-order valence-electron chi connectivity index (χ2n) is 8.88. The van der Waals surface area contributed by atoms with Crippen LogP contribution in [-0.4, -0.2) is 65.3 Å². The van der Waals surface area contributed by atoms with Crippen LogP contribution < -0.4 is 4.74 Å². The third kappa shape index (κ3) is 6.38. The minimum absolute atomic E-state index is 0. The second-order valence-corrected chi connectivity index (χ2v) is 8.88. The fraction of sp³-hybridized carbons (Fsp3) is 0.276. The van der Waals surface area contributed by atoms with Crippen LogP contribution in [-0.2, 0) is 0 Å². The molecule has 6 heteroatoms. The highest BCUT2D eigenvalue weighted by molar-refractivity contribution is 5.85. The van der Waals surface area contributed by atoms with Gasteiger partial charge in [-0.05, 0) is 35.4 Å². The Kier molecular flexibility index (Phi) is 8.72. The summed E-state index contributed by atoms with van der Waals surface area (Å²) in [6.45, 7) is 4.66. The predicted octanol–water partition coefficient (Wildman–Crippen LogP) is 4.80. The summed E-state index contributed by atoms with van der Waals surface area (Å²) >= 11 is 0. The Balaban J connectivity index is 0.00000289. The Hall–Kier alpha value is -2.96. The number of piperazine rings is 1. The van der Waals surface area contributed by atoms with E-state index in [1.54, 1.807) is 6.20 Å². The number of aromatic nitrogens is 1. The first-order valence-electron chi connectivity index (χ1n) is 12.0. The first-order valence-corrected chi connectivity index (χ1v) is 12.0. The van der Waals surface area contributed by atoms with E-state index in [-0.39, 0.29) is 25.1 Å². The van der Waals surface area contributed by atoms with E-state index in [0.29, 0.717) is 6.54 Å². The Morgan fingerprint density at radius 3 is 2.11 bits per heavy atom. The summed E-state index contributed by atoms with van der Waals surface area (Å²) in [5.74, 6) is 0.762. The van der Waals surface area contributed by atoms with Gasteiger partial charge < -0.3 is 9.84 Å².